The number of aryl methyl sites for hydroxylation is 1. The van der Waals surface area contributed by atoms with Crippen LogP contribution in [0, 0.1) is 18.6 Å². The summed E-state index contributed by atoms with van der Waals surface area (Å²) < 4.78 is 32.3. The van der Waals surface area contributed by atoms with Crippen molar-refractivity contribution in [3.8, 4) is 22.7 Å². The Hall–Kier alpha value is -4.15. The Bertz CT molecular complexity index is 2030. The Morgan fingerprint density at radius 2 is 1.56 bits per heavy atom. The summed E-state index contributed by atoms with van der Waals surface area (Å²) in [6.07, 6.45) is 2.28. The second-order valence-electron chi connectivity index (χ2n) is 11.9. The predicted molar refractivity (Wildman–Crippen MR) is 185 cm³/mol. The van der Waals surface area contributed by atoms with Crippen molar-refractivity contribution in [2.75, 3.05) is 4.90 Å². The number of fused-ring (bicyclic) bond motifs is 1. The maximum atomic E-state index is 16.2. The summed E-state index contributed by atoms with van der Waals surface area (Å²) in [5, 5.41) is -0.842. The Kier molecular flexibility index (Phi) is 8.41. The molecule has 1 aromatic carbocycles. The van der Waals surface area contributed by atoms with Gasteiger partial charge in [0.15, 0.2) is 11.5 Å². The molecule has 4 heterocycles. The number of rotatable bonds is 5. The third-order valence-electron chi connectivity index (χ3n) is 8.32. The van der Waals surface area contributed by atoms with Gasteiger partial charge in [-0.05, 0) is 70.1 Å². The number of amides is 1. The lowest BCUT2D eigenvalue weighted by molar-refractivity contribution is -0.131. The minimum absolute atomic E-state index is 0.211. The molecule has 0 atom stereocenters. The van der Waals surface area contributed by atoms with E-state index in [-0.39, 0.29) is 22.6 Å². The van der Waals surface area contributed by atoms with Crippen LogP contribution in [0.25, 0.3) is 28.0 Å². The molecule has 1 saturated heterocycles. The standard InChI is InChI=1S/C29H20B8F2N6O3/c1-5-18(47)44-26(30,31)28(34,35)45(29(36,37)27(44,32)33)24-14-11-16(39)21(19-15(38)7-6-8-17(19)46)41-23(14)43(25(48)42-24)22-13(4)9-10-40-20(22)12(2)3/h5-12,46H,1H2,2-4H3. The third-order valence-corrected chi connectivity index (χ3v) is 8.32. The first-order valence-electron chi connectivity index (χ1n) is 14.3. The molecule has 1 aliphatic heterocycles. The molecule has 222 valence electrons. The van der Waals surface area contributed by atoms with Crippen LogP contribution in [0.2, 0.25) is 0 Å². The minimum Gasteiger partial charge on any atom is -0.507 e. The molecule has 1 fully saturated rings. The largest absolute Gasteiger partial charge is 0.507 e. The minimum atomic E-state index is -2.78. The number of benzene rings is 1. The molecule has 0 spiro atoms. The van der Waals surface area contributed by atoms with Crippen LogP contribution in [0.15, 0.2) is 54.0 Å². The maximum Gasteiger partial charge on any atom is 0.355 e. The van der Waals surface area contributed by atoms with Crippen LogP contribution in [-0.4, -0.2) is 120 Å². The number of phenols is 1. The molecule has 19 heteroatoms. The lowest BCUT2D eigenvalue weighted by atomic mass is 9.26. The summed E-state index contributed by atoms with van der Waals surface area (Å²) in [5.74, 6) is -4.89. The summed E-state index contributed by atoms with van der Waals surface area (Å²) in [7, 11) is 51.3. The van der Waals surface area contributed by atoms with Gasteiger partial charge < -0.3 is 14.9 Å². The summed E-state index contributed by atoms with van der Waals surface area (Å²) >= 11 is 0. The van der Waals surface area contributed by atoms with Crippen LogP contribution in [0.4, 0.5) is 14.6 Å². The van der Waals surface area contributed by atoms with Crippen molar-refractivity contribution in [3.05, 3.63) is 82.6 Å². The van der Waals surface area contributed by atoms with Gasteiger partial charge in [0, 0.05) is 6.20 Å². The highest BCUT2D eigenvalue weighted by molar-refractivity contribution is 6.63. The smallest absolute Gasteiger partial charge is 0.355 e. The quantitative estimate of drug-likeness (QED) is 0.247. The zero-order chi connectivity index (χ0) is 35.9. The number of carbonyl (C=O) groups is 1. The van der Waals surface area contributed by atoms with Crippen molar-refractivity contribution in [3.63, 3.8) is 0 Å². The first kappa shape index (κ1) is 35.2. The number of phenolic OH excluding ortho intramolecular Hbond substituents is 1. The molecular formula is C29H20B8F2N6O3. The summed E-state index contributed by atoms with van der Waals surface area (Å²) in [6, 6.07) is 5.73. The number of halogens is 2. The van der Waals surface area contributed by atoms with Crippen molar-refractivity contribution < 1.29 is 18.7 Å². The van der Waals surface area contributed by atoms with Crippen LogP contribution in [0.3, 0.4) is 0 Å². The first-order valence-corrected chi connectivity index (χ1v) is 14.3. The van der Waals surface area contributed by atoms with E-state index in [0.29, 0.717) is 21.1 Å². The van der Waals surface area contributed by atoms with Crippen molar-refractivity contribution in [1.82, 2.24) is 24.4 Å². The van der Waals surface area contributed by atoms with Gasteiger partial charge in [-0.1, -0.05) is 26.5 Å². The number of anilines is 1. The highest BCUT2D eigenvalue weighted by Gasteiger charge is 2.61. The second kappa shape index (κ2) is 11.5. The van der Waals surface area contributed by atoms with Crippen LogP contribution >= 0.6 is 0 Å². The molecule has 0 aliphatic carbocycles. The van der Waals surface area contributed by atoms with E-state index in [2.05, 4.69) is 21.5 Å². The Balaban J connectivity index is 1.99. The molecule has 9 nitrogen and oxygen atoms in total. The average molecular weight is 625 g/mol. The first-order chi connectivity index (χ1) is 22.1. The van der Waals surface area contributed by atoms with Crippen LogP contribution in [0.5, 0.6) is 5.75 Å². The van der Waals surface area contributed by atoms with E-state index in [1.54, 1.807) is 13.0 Å². The van der Waals surface area contributed by atoms with Crippen molar-refractivity contribution in [2.24, 2.45) is 0 Å². The SMILES string of the molecule is [B]C1([B])N(C(=O)C=C)C([B])([B])C([B])([B])N(c2nc(=O)n(-c3c(C)ccnc3C(C)C)c3nc(-c4c(O)cccc4F)c(F)cc23)C1([B])[B]. The Morgan fingerprint density at radius 3 is 2.10 bits per heavy atom. The number of aromatic hydroxyl groups is 1. The lowest BCUT2D eigenvalue weighted by Crippen LogP contribution is -2.93. The molecule has 48 heavy (non-hydrogen) atoms. The number of piperazine rings is 1. The molecule has 3 aromatic heterocycles. The van der Waals surface area contributed by atoms with Crippen molar-refractivity contribution >= 4 is 85.5 Å². The predicted octanol–water partition coefficient (Wildman–Crippen LogP) is 0.0561. The van der Waals surface area contributed by atoms with Gasteiger partial charge in [-0.3, -0.25) is 9.78 Å². The number of nitrogens with zero attached hydrogens (tertiary/aromatic N) is 6. The number of pyridine rings is 2. The van der Waals surface area contributed by atoms with Gasteiger partial charge >= 0.3 is 5.69 Å². The number of carbonyl (C=O) groups excluding carboxylic acids is 1. The Morgan fingerprint density at radius 1 is 0.958 bits per heavy atom. The van der Waals surface area contributed by atoms with E-state index in [1.807, 2.05) is 13.8 Å². The molecule has 16 radical (unpaired) electrons. The summed E-state index contributed by atoms with van der Waals surface area (Å²) in [6.45, 7) is 8.69. The topological polar surface area (TPSA) is 104 Å². The van der Waals surface area contributed by atoms with Gasteiger partial charge in [0.25, 0.3) is 0 Å². The van der Waals surface area contributed by atoms with Gasteiger partial charge in [-0.2, -0.15) is 4.98 Å². The molecular weight excluding hydrogens is 605 g/mol. The lowest BCUT2D eigenvalue weighted by Gasteiger charge is -2.75. The van der Waals surface area contributed by atoms with Crippen molar-refractivity contribution in [2.45, 2.75) is 48.0 Å². The van der Waals surface area contributed by atoms with Crippen LogP contribution in [-0.2, 0) is 4.79 Å². The van der Waals surface area contributed by atoms with E-state index < -0.39 is 67.4 Å². The van der Waals surface area contributed by atoms with Gasteiger partial charge in [0.1, 0.15) is 23.1 Å². The summed E-state index contributed by atoms with van der Waals surface area (Å²) in [5.41, 5.74) is -1.61. The number of hydrogen-bond donors (Lipinski definition) is 1. The molecule has 4 aromatic rings. The fourth-order valence-corrected chi connectivity index (χ4v) is 5.82. The normalized spacial score (nSPS) is 17.8. The fourth-order valence-electron chi connectivity index (χ4n) is 5.82. The van der Waals surface area contributed by atoms with Crippen molar-refractivity contribution in [1.29, 1.82) is 0 Å². The zero-order valence-electron chi connectivity index (χ0n) is 26.1. The van der Waals surface area contributed by atoms with Gasteiger partial charge in [-0.15, -0.1) is 0 Å². The molecule has 1 amide bonds. The number of hydrogen-bond acceptors (Lipinski definition) is 7. The Labute approximate surface area is 286 Å². The average Bonchev–Trinajstić information content (AvgIpc) is 2.97. The van der Waals surface area contributed by atoms with E-state index in [9.17, 15) is 14.7 Å². The fraction of sp³-hybridized carbons (Fsp3) is 0.276. The van der Waals surface area contributed by atoms with Crippen LogP contribution in [0.1, 0.15) is 31.0 Å². The highest BCUT2D eigenvalue weighted by Crippen LogP contribution is 2.46. The molecule has 1 N–H and O–H groups in total. The maximum absolute atomic E-state index is 16.2. The zero-order valence-corrected chi connectivity index (χ0v) is 26.1. The third kappa shape index (κ3) is 4.86. The summed E-state index contributed by atoms with van der Waals surface area (Å²) in [4.78, 5) is 41.1. The van der Waals surface area contributed by atoms with E-state index in [4.69, 9.17) is 62.8 Å². The van der Waals surface area contributed by atoms with Crippen LogP contribution < -0.4 is 10.6 Å². The second-order valence-corrected chi connectivity index (χ2v) is 11.9. The van der Waals surface area contributed by atoms with Gasteiger partial charge in [0.2, 0.25) is 5.91 Å². The van der Waals surface area contributed by atoms with Gasteiger partial charge in [0.05, 0.1) is 85.1 Å². The monoisotopic (exact) mass is 626 g/mol. The van der Waals surface area contributed by atoms with Gasteiger partial charge in [-0.25, -0.2) is 23.1 Å². The van der Waals surface area contributed by atoms with E-state index >= 15 is 8.78 Å². The molecule has 0 unspecified atom stereocenters. The highest BCUT2D eigenvalue weighted by atomic mass is 19.1. The molecule has 0 bridgehead atoms. The van der Waals surface area contributed by atoms with E-state index in [0.717, 1.165) is 28.8 Å². The number of aromatic nitrogens is 4. The molecule has 1 aliphatic rings. The van der Waals surface area contributed by atoms with E-state index in [1.165, 1.54) is 12.3 Å². The molecule has 5 rings (SSSR count). The molecule has 0 saturated carbocycles.